The SMILES string of the molecule is O=C(COC(=O)c1ccc(N2C(=O)CC(Sc3ccccc3)C2=O)cc1)c1ccc(-c2ccccc2)cc1. The summed E-state index contributed by atoms with van der Waals surface area (Å²) in [6.45, 7) is -0.396. The summed E-state index contributed by atoms with van der Waals surface area (Å²) < 4.78 is 5.21. The van der Waals surface area contributed by atoms with E-state index in [4.69, 9.17) is 4.74 Å². The average Bonchev–Trinajstić information content (AvgIpc) is 3.24. The summed E-state index contributed by atoms with van der Waals surface area (Å²) >= 11 is 1.36. The number of amides is 2. The summed E-state index contributed by atoms with van der Waals surface area (Å²) in [5.41, 5.74) is 3.09. The van der Waals surface area contributed by atoms with Gasteiger partial charge in [0, 0.05) is 16.9 Å². The molecule has 0 aromatic heterocycles. The van der Waals surface area contributed by atoms with Gasteiger partial charge in [-0.25, -0.2) is 9.69 Å². The first kappa shape index (κ1) is 25.2. The number of carbonyl (C=O) groups excluding carboxylic acids is 4. The maximum absolute atomic E-state index is 12.9. The molecule has 1 saturated heterocycles. The zero-order valence-corrected chi connectivity index (χ0v) is 21.1. The molecule has 38 heavy (non-hydrogen) atoms. The fourth-order valence-electron chi connectivity index (χ4n) is 4.15. The molecule has 188 valence electrons. The lowest BCUT2D eigenvalue weighted by Gasteiger charge is -2.15. The molecular formula is C31H23NO5S. The zero-order valence-electron chi connectivity index (χ0n) is 20.3. The lowest BCUT2D eigenvalue weighted by molar-refractivity contribution is -0.121. The molecule has 7 heteroatoms. The summed E-state index contributed by atoms with van der Waals surface area (Å²) in [7, 11) is 0. The first-order chi connectivity index (χ1) is 18.5. The molecule has 1 aliphatic rings. The summed E-state index contributed by atoms with van der Waals surface area (Å²) in [5, 5.41) is -0.498. The van der Waals surface area contributed by atoms with Crippen molar-refractivity contribution in [3.05, 3.63) is 120 Å². The number of ketones is 1. The molecule has 0 bridgehead atoms. The third kappa shape index (κ3) is 5.58. The van der Waals surface area contributed by atoms with E-state index in [1.54, 1.807) is 12.1 Å². The van der Waals surface area contributed by atoms with Gasteiger partial charge in [-0.05, 0) is 47.5 Å². The van der Waals surface area contributed by atoms with E-state index < -0.39 is 17.8 Å². The number of hydrogen-bond acceptors (Lipinski definition) is 6. The number of esters is 1. The molecule has 6 nitrogen and oxygen atoms in total. The predicted molar refractivity (Wildman–Crippen MR) is 146 cm³/mol. The molecule has 4 aromatic carbocycles. The molecule has 1 atom stereocenters. The van der Waals surface area contributed by atoms with Crippen molar-refractivity contribution in [3.8, 4) is 11.1 Å². The molecule has 5 rings (SSSR count). The quantitative estimate of drug-likeness (QED) is 0.165. The molecule has 0 N–H and O–H groups in total. The second kappa shape index (κ2) is 11.3. The Bertz CT molecular complexity index is 1470. The van der Waals surface area contributed by atoms with Crippen LogP contribution in [0.3, 0.4) is 0 Å². The number of imide groups is 1. The van der Waals surface area contributed by atoms with Crippen molar-refractivity contribution in [1.29, 1.82) is 0 Å². The molecule has 0 saturated carbocycles. The van der Waals surface area contributed by atoms with Crippen LogP contribution in [0.15, 0.2) is 114 Å². The van der Waals surface area contributed by atoms with Crippen LogP contribution in [-0.4, -0.2) is 35.4 Å². The molecule has 2 amide bonds. The van der Waals surface area contributed by atoms with Gasteiger partial charge in [0.15, 0.2) is 12.4 Å². The first-order valence-electron chi connectivity index (χ1n) is 12.0. The third-order valence-electron chi connectivity index (χ3n) is 6.14. The number of benzene rings is 4. The van der Waals surface area contributed by atoms with Crippen molar-refractivity contribution in [2.24, 2.45) is 0 Å². The normalized spacial score (nSPS) is 14.9. The van der Waals surface area contributed by atoms with Gasteiger partial charge < -0.3 is 4.74 Å². The average molecular weight is 522 g/mol. The Hall–Kier alpha value is -4.49. The monoisotopic (exact) mass is 521 g/mol. The van der Waals surface area contributed by atoms with Crippen molar-refractivity contribution in [2.75, 3.05) is 11.5 Å². The second-order valence-corrected chi connectivity index (χ2v) is 9.96. The van der Waals surface area contributed by atoms with Gasteiger partial charge in [0.1, 0.15) is 0 Å². The smallest absolute Gasteiger partial charge is 0.338 e. The van der Waals surface area contributed by atoms with Crippen LogP contribution >= 0.6 is 11.8 Å². The summed E-state index contributed by atoms with van der Waals surface area (Å²) in [6, 6.07) is 32.4. The van der Waals surface area contributed by atoms with Gasteiger partial charge in [-0.2, -0.15) is 0 Å². The fourth-order valence-corrected chi connectivity index (χ4v) is 5.23. The highest BCUT2D eigenvalue weighted by molar-refractivity contribution is 8.00. The van der Waals surface area contributed by atoms with E-state index in [0.29, 0.717) is 11.3 Å². The standard InChI is InChI=1S/C31H23NO5S/c33-27(23-13-11-22(12-14-23)21-7-3-1-4-8-21)20-37-31(36)24-15-17-25(18-16-24)32-29(34)19-28(30(32)35)38-26-9-5-2-6-10-26/h1-18,28H,19-20H2. The Labute approximate surface area is 224 Å². The van der Waals surface area contributed by atoms with E-state index in [-0.39, 0.29) is 29.6 Å². The van der Waals surface area contributed by atoms with E-state index >= 15 is 0 Å². The molecule has 4 aromatic rings. The van der Waals surface area contributed by atoms with Crippen LogP contribution < -0.4 is 4.90 Å². The van der Waals surface area contributed by atoms with Crippen molar-refractivity contribution in [1.82, 2.24) is 0 Å². The highest BCUT2D eigenvalue weighted by Gasteiger charge is 2.40. The molecule has 0 spiro atoms. The van der Waals surface area contributed by atoms with E-state index in [9.17, 15) is 19.2 Å². The maximum Gasteiger partial charge on any atom is 0.338 e. The lowest BCUT2D eigenvalue weighted by Crippen LogP contribution is -2.31. The van der Waals surface area contributed by atoms with Crippen LogP contribution in [0.2, 0.25) is 0 Å². The Morgan fingerprint density at radius 3 is 1.97 bits per heavy atom. The minimum absolute atomic E-state index is 0.108. The van der Waals surface area contributed by atoms with E-state index in [1.165, 1.54) is 36.0 Å². The van der Waals surface area contributed by atoms with Crippen LogP contribution in [0.25, 0.3) is 11.1 Å². The Kier molecular flexibility index (Phi) is 7.47. The van der Waals surface area contributed by atoms with Crippen LogP contribution in [-0.2, 0) is 14.3 Å². The zero-order chi connectivity index (χ0) is 26.5. The molecular weight excluding hydrogens is 498 g/mol. The van der Waals surface area contributed by atoms with Crippen LogP contribution in [0.5, 0.6) is 0 Å². The van der Waals surface area contributed by atoms with Crippen molar-refractivity contribution >= 4 is 41.0 Å². The van der Waals surface area contributed by atoms with Gasteiger partial charge in [0.2, 0.25) is 11.8 Å². The Morgan fingerprint density at radius 1 is 0.737 bits per heavy atom. The van der Waals surface area contributed by atoms with Gasteiger partial charge >= 0.3 is 5.97 Å². The second-order valence-electron chi connectivity index (χ2n) is 8.68. The molecule has 1 unspecified atom stereocenters. The number of rotatable bonds is 8. The highest BCUT2D eigenvalue weighted by atomic mass is 32.2. The van der Waals surface area contributed by atoms with E-state index in [0.717, 1.165) is 20.9 Å². The van der Waals surface area contributed by atoms with Crippen LogP contribution in [0.1, 0.15) is 27.1 Å². The Balaban J connectivity index is 1.17. The number of anilines is 1. The van der Waals surface area contributed by atoms with Gasteiger partial charge in [-0.15, -0.1) is 11.8 Å². The summed E-state index contributed by atoms with van der Waals surface area (Å²) in [4.78, 5) is 52.6. The first-order valence-corrected chi connectivity index (χ1v) is 12.9. The van der Waals surface area contributed by atoms with Gasteiger partial charge in [-0.3, -0.25) is 14.4 Å². The molecule has 0 radical (unpaired) electrons. The van der Waals surface area contributed by atoms with Crippen molar-refractivity contribution in [2.45, 2.75) is 16.6 Å². The minimum Gasteiger partial charge on any atom is -0.454 e. The van der Waals surface area contributed by atoms with Gasteiger partial charge in [0.05, 0.1) is 16.5 Å². The highest BCUT2D eigenvalue weighted by Crippen LogP contribution is 2.34. The number of carbonyl (C=O) groups is 4. The largest absolute Gasteiger partial charge is 0.454 e. The van der Waals surface area contributed by atoms with E-state index in [2.05, 4.69) is 0 Å². The maximum atomic E-state index is 12.9. The van der Waals surface area contributed by atoms with Crippen molar-refractivity contribution in [3.63, 3.8) is 0 Å². The van der Waals surface area contributed by atoms with Crippen molar-refractivity contribution < 1.29 is 23.9 Å². The van der Waals surface area contributed by atoms with Crippen LogP contribution in [0, 0.1) is 0 Å². The summed E-state index contributed by atoms with van der Waals surface area (Å²) in [5.74, 6) is -1.56. The Morgan fingerprint density at radius 2 is 1.32 bits per heavy atom. The van der Waals surface area contributed by atoms with Gasteiger partial charge in [0.25, 0.3) is 0 Å². The molecule has 1 aliphatic heterocycles. The summed E-state index contributed by atoms with van der Waals surface area (Å²) in [6.07, 6.45) is 0.108. The molecule has 1 heterocycles. The number of thioether (sulfide) groups is 1. The number of nitrogens with zero attached hydrogens (tertiary/aromatic N) is 1. The molecule has 1 fully saturated rings. The number of Topliss-reactive ketones (excluding diaryl/α,β-unsaturated/α-hetero) is 1. The van der Waals surface area contributed by atoms with Gasteiger partial charge in [-0.1, -0.05) is 72.8 Å². The molecule has 0 aliphatic carbocycles. The topological polar surface area (TPSA) is 80.8 Å². The fraction of sp³-hybridized carbons (Fsp3) is 0.0968. The number of ether oxygens (including phenoxy) is 1. The third-order valence-corrected chi connectivity index (χ3v) is 7.33. The lowest BCUT2D eigenvalue weighted by atomic mass is 10.0. The van der Waals surface area contributed by atoms with E-state index in [1.807, 2.05) is 72.8 Å². The minimum atomic E-state index is -0.664. The number of hydrogen-bond donors (Lipinski definition) is 0. The van der Waals surface area contributed by atoms with Crippen LogP contribution in [0.4, 0.5) is 5.69 Å². The predicted octanol–water partition coefficient (Wildman–Crippen LogP) is 5.82.